The van der Waals surface area contributed by atoms with E-state index >= 15 is 0 Å². The lowest BCUT2D eigenvalue weighted by Crippen LogP contribution is -2.73. The molecule has 2 bridgehead atoms. The molecule has 8 rings (SSSR count). The Morgan fingerprint density at radius 1 is 0.956 bits per heavy atom. The van der Waals surface area contributed by atoms with Crippen LogP contribution in [0.1, 0.15) is 81.9 Å². The summed E-state index contributed by atoms with van der Waals surface area (Å²) in [4.78, 5) is 63.5. The SMILES string of the molecule is CC(C)c1ccccc1C1CN(C(=O)C23CC(C(=O)On4ccccc4=S)(C2)C3)CC(=O)N1C1CC2(CCN(C(=O)O)CC2)C1. The third-order valence-electron chi connectivity index (χ3n) is 11.3. The van der Waals surface area contributed by atoms with E-state index < -0.39 is 16.9 Å². The number of carboxylic acid groups (broad SMARTS) is 1. The summed E-state index contributed by atoms with van der Waals surface area (Å²) in [5, 5.41) is 9.40. The molecule has 3 heterocycles. The van der Waals surface area contributed by atoms with E-state index in [0.717, 1.165) is 31.2 Å². The Balaban J connectivity index is 1.07. The summed E-state index contributed by atoms with van der Waals surface area (Å²) in [5.74, 6) is -0.198. The quantitative estimate of drug-likeness (QED) is 0.456. The summed E-state index contributed by atoms with van der Waals surface area (Å²) in [6.07, 6.45) is 5.39. The first-order valence-corrected chi connectivity index (χ1v) is 16.4. The van der Waals surface area contributed by atoms with Crippen LogP contribution in [0.15, 0.2) is 48.7 Å². The van der Waals surface area contributed by atoms with Crippen molar-refractivity contribution in [1.82, 2.24) is 19.4 Å². The van der Waals surface area contributed by atoms with Crippen LogP contribution in [0.3, 0.4) is 0 Å². The molecule has 1 unspecified atom stereocenters. The lowest BCUT2D eigenvalue weighted by Gasteiger charge is -2.68. The van der Waals surface area contributed by atoms with Gasteiger partial charge in [-0.15, -0.1) is 0 Å². The van der Waals surface area contributed by atoms with Gasteiger partial charge in [-0.1, -0.05) is 56.4 Å². The molecule has 45 heavy (non-hydrogen) atoms. The molecule has 4 saturated carbocycles. The van der Waals surface area contributed by atoms with Gasteiger partial charge in [0.15, 0.2) is 0 Å². The molecular formula is C34H40N4O6S. The van der Waals surface area contributed by atoms with E-state index in [9.17, 15) is 24.3 Å². The minimum absolute atomic E-state index is 0.0356. The van der Waals surface area contributed by atoms with Crippen molar-refractivity contribution in [1.29, 1.82) is 0 Å². The minimum atomic E-state index is -0.866. The minimum Gasteiger partial charge on any atom is -0.465 e. The summed E-state index contributed by atoms with van der Waals surface area (Å²) in [6.45, 7) is 5.82. The summed E-state index contributed by atoms with van der Waals surface area (Å²) in [6, 6.07) is 13.2. The number of hydrogen-bond donors (Lipinski definition) is 1. The smallest absolute Gasteiger partial charge is 0.407 e. The summed E-state index contributed by atoms with van der Waals surface area (Å²) in [5.41, 5.74) is 1.03. The van der Waals surface area contributed by atoms with Crippen LogP contribution in [-0.2, 0) is 14.4 Å². The van der Waals surface area contributed by atoms with Gasteiger partial charge in [0.25, 0.3) is 0 Å². The van der Waals surface area contributed by atoms with Crippen LogP contribution in [0.2, 0.25) is 0 Å². The second kappa shape index (κ2) is 10.7. The van der Waals surface area contributed by atoms with Crippen molar-refractivity contribution in [3.8, 4) is 0 Å². The van der Waals surface area contributed by atoms with Crippen molar-refractivity contribution in [3.05, 3.63) is 64.4 Å². The Morgan fingerprint density at radius 2 is 1.62 bits per heavy atom. The third-order valence-corrected chi connectivity index (χ3v) is 11.6. The second-order valence-corrected chi connectivity index (χ2v) is 14.9. The molecule has 1 atom stereocenters. The number of piperidine rings is 1. The van der Waals surface area contributed by atoms with Crippen molar-refractivity contribution in [2.75, 3.05) is 26.2 Å². The van der Waals surface area contributed by atoms with Crippen molar-refractivity contribution in [3.63, 3.8) is 0 Å². The number of amides is 3. The maximum atomic E-state index is 14.1. The fourth-order valence-electron chi connectivity index (χ4n) is 8.94. The Hall–Kier alpha value is -3.73. The van der Waals surface area contributed by atoms with Crippen LogP contribution in [-0.4, -0.2) is 80.6 Å². The van der Waals surface area contributed by atoms with E-state index in [2.05, 4.69) is 26.0 Å². The van der Waals surface area contributed by atoms with Crippen LogP contribution in [0.25, 0.3) is 0 Å². The molecular weight excluding hydrogens is 592 g/mol. The zero-order chi connectivity index (χ0) is 31.7. The van der Waals surface area contributed by atoms with Gasteiger partial charge in [-0.2, -0.15) is 4.73 Å². The highest BCUT2D eigenvalue weighted by Crippen LogP contribution is 2.74. The lowest BCUT2D eigenvalue weighted by atomic mass is 9.34. The molecule has 0 radical (unpaired) electrons. The number of piperazine rings is 1. The van der Waals surface area contributed by atoms with Crippen molar-refractivity contribution in [2.45, 2.75) is 76.8 Å². The maximum Gasteiger partial charge on any atom is 0.407 e. The van der Waals surface area contributed by atoms with Gasteiger partial charge in [0.2, 0.25) is 11.8 Å². The molecule has 11 heteroatoms. The molecule has 2 saturated heterocycles. The van der Waals surface area contributed by atoms with Crippen LogP contribution >= 0.6 is 12.2 Å². The maximum absolute atomic E-state index is 14.1. The lowest BCUT2D eigenvalue weighted by molar-refractivity contribution is -0.231. The zero-order valence-corrected chi connectivity index (χ0v) is 26.6. The molecule has 1 aromatic carbocycles. The highest BCUT2D eigenvalue weighted by Gasteiger charge is 2.76. The van der Waals surface area contributed by atoms with Gasteiger partial charge in [-0.05, 0) is 79.5 Å². The first-order chi connectivity index (χ1) is 21.4. The van der Waals surface area contributed by atoms with Gasteiger partial charge >= 0.3 is 12.1 Å². The molecule has 2 aromatic rings. The largest absolute Gasteiger partial charge is 0.465 e. The van der Waals surface area contributed by atoms with E-state index in [1.807, 2.05) is 17.0 Å². The summed E-state index contributed by atoms with van der Waals surface area (Å²) >= 11 is 5.25. The Kier molecular flexibility index (Phi) is 7.11. The van der Waals surface area contributed by atoms with E-state index in [0.29, 0.717) is 43.5 Å². The molecule has 6 aliphatic rings. The van der Waals surface area contributed by atoms with Gasteiger partial charge < -0.3 is 24.6 Å². The first-order valence-electron chi connectivity index (χ1n) is 16.0. The van der Waals surface area contributed by atoms with E-state index in [-0.39, 0.29) is 47.7 Å². The third kappa shape index (κ3) is 4.85. The topological polar surface area (TPSA) is 112 Å². The van der Waals surface area contributed by atoms with Crippen molar-refractivity contribution >= 4 is 36.1 Å². The number of carbonyl (C=O) groups excluding carboxylic acids is 3. The molecule has 1 N–H and O–H groups in total. The van der Waals surface area contributed by atoms with Crippen LogP contribution < -0.4 is 4.84 Å². The normalized spacial score (nSPS) is 28.7. The summed E-state index contributed by atoms with van der Waals surface area (Å²) < 4.78 is 1.69. The standard InChI is InChI=1S/C34H40N4O6S/c1-22(2)24-7-3-4-8-25(24)26-17-36(18-27(39)38(26)23-15-32(16-23)10-13-35(14-11-32)31(42)43)29(40)33-19-34(20-33,21-33)30(41)44-37-12-6-5-9-28(37)45/h3-9,12,22-23,26H,10-11,13-21H2,1-2H3,(H,42,43). The van der Waals surface area contributed by atoms with Gasteiger partial charge in [-0.25, -0.2) is 9.59 Å². The molecule has 6 fully saturated rings. The highest BCUT2D eigenvalue weighted by molar-refractivity contribution is 7.71. The number of carbonyl (C=O) groups is 4. The fourth-order valence-corrected chi connectivity index (χ4v) is 9.12. The Bertz CT molecular complexity index is 1600. The Morgan fingerprint density at radius 3 is 2.27 bits per heavy atom. The monoisotopic (exact) mass is 632 g/mol. The van der Waals surface area contributed by atoms with Crippen molar-refractivity contribution in [2.24, 2.45) is 16.2 Å². The van der Waals surface area contributed by atoms with E-state index in [1.54, 1.807) is 29.3 Å². The second-order valence-electron chi connectivity index (χ2n) is 14.5. The van der Waals surface area contributed by atoms with Gasteiger partial charge in [0.1, 0.15) is 4.64 Å². The van der Waals surface area contributed by atoms with Crippen molar-refractivity contribution < 1.29 is 29.1 Å². The molecule has 4 aliphatic carbocycles. The molecule has 10 nitrogen and oxygen atoms in total. The molecule has 3 amide bonds. The average molecular weight is 633 g/mol. The average Bonchev–Trinajstić information content (AvgIpc) is 2.95. The summed E-state index contributed by atoms with van der Waals surface area (Å²) in [7, 11) is 0. The van der Waals surface area contributed by atoms with Gasteiger partial charge in [0, 0.05) is 31.9 Å². The van der Waals surface area contributed by atoms with E-state index in [1.165, 1.54) is 15.2 Å². The van der Waals surface area contributed by atoms with Crippen LogP contribution in [0.4, 0.5) is 4.79 Å². The highest BCUT2D eigenvalue weighted by atomic mass is 32.1. The van der Waals surface area contributed by atoms with Crippen LogP contribution in [0.5, 0.6) is 0 Å². The number of pyridine rings is 1. The molecule has 2 aliphatic heterocycles. The molecule has 1 spiro atoms. The number of rotatable bonds is 6. The van der Waals surface area contributed by atoms with Gasteiger partial charge in [0.05, 0.1) is 23.4 Å². The fraction of sp³-hybridized carbons (Fsp3) is 0.559. The van der Waals surface area contributed by atoms with Gasteiger partial charge in [-0.3, -0.25) is 9.59 Å². The predicted octanol–water partition coefficient (Wildman–Crippen LogP) is 4.80. The number of nitrogens with zero attached hydrogens (tertiary/aromatic N) is 4. The zero-order valence-electron chi connectivity index (χ0n) is 25.8. The number of likely N-dealkylation sites (tertiary alicyclic amines) is 1. The Labute approximate surface area is 267 Å². The van der Waals surface area contributed by atoms with Crippen LogP contribution in [0, 0.1) is 20.9 Å². The first kappa shape index (κ1) is 30.0. The number of aromatic nitrogens is 1. The van der Waals surface area contributed by atoms with E-state index in [4.69, 9.17) is 17.1 Å². The number of hydrogen-bond acceptors (Lipinski definition) is 6. The molecule has 238 valence electrons. The molecule has 1 aromatic heterocycles. The number of benzene rings is 1. The predicted molar refractivity (Wildman–Crippen MR) is 167 cm³/mol.